The van der Waals surface area contributed by atoms with Crippen LogP contribution < -0.4 is 15.3 Å². The maximum absolute atomic E-state index is 13.3. The van der Waals surface area contributed by atoms with Gasteiger partial charge in [-0.25, -0.2) is 17.9 Å². The molecule has 2 N–H and O–H groups in total. The van der Waals surface area contributed by atoms with Crippen molar-refractivity contribution < 1.29 is 26.8 Å². The van der Waals surface area contributed by atoms with Gasteiger partial charge in [0.1, 0.15) is 0 Å². The SMILES string of the molecule is CCCOP(=O)(OCCC)c1ccccc1NC(=O)NS(=O)(=O)C1CCCCC1. The lowest BCUT2D eigenvalue weighted by Crippen LogP contribution is -2.42. The zero-order chi connectivity index (χ0) is 21.3. The first-order valence-electron chi connectivity index (χ1n) is 10.1. The first kappa shape index (κ1) is 23.9. The molecule has 1 aromatic carbocycles. The Morgan fingerprint density at radius 1 is 1.07 bits per heavy atom. The summed E-state index contributed by atoms with van der Waals surface area (Å²) in [5, 5.41) is 2.14. The highest BCUT2D eigenvalue weighted by Crippen LogP contribution is 2.49. The standard InChI is InChI=1S/C19H31N2O6PS/c1-3-14-26-28(23,27-15-4-2)18-13-9-8-12-17(18)20-19(22)21-29(24,25)16-10-6-5-7-11-16/h8-9,12-13,16H,3-7,10-11,14-15H2,1-2H3,(H2,20,21,22). The average Bonchev–Trinajstić information content (AvgIpc) is 2.71. The number of sulfonamides is 1. The van der Waals surface area contributed by atoms with Gasteiger partial charge in [0.05, 0.1) is 29.5 Å². The van der Waals surface area contributed by atoms with Crippen LogP contribution in [0.2, 0.25) is 0 Å². The van der Waals surface area contributed by atoms with Gasteiger partial charge in [0.2, 0.25) is 10.0 Å². The minimum absolute atomic E-state index is 0.194. The van der Waals surface area contributed by atoms with E-state index in [0.29, 0.717) is 25.7 Å². The summed E-state index contributed by atoms with van der Waals surface area (Å²) in [4.78, 5) is 12.4. The molecule has 0 saturated heterocycles. The summed E-state index contributed by atoms with van der Waals surface area (Å²) >= 11 is 0. The van der Waals surface area contributed by atoms with Crippen molar-refractivity contribution in [2.24, 2.45) is 0 Å². The zero-order valence-corrected chi connectivity index (χ0v) is 18.8. The molecule has 1 aliphatic carbocycles. The third-order valence-electron chi connectivity index (χ3n) is 4.60. The first-order valence-corrected chi connectivity index (χ1v) is 13.2. The molecule has 0 radical (unpaired) electrons. The van der Waals surface area contributed by atoms with Crippen LogP contribution >= 0.6 is 7.60 Å². The summed E-state index contributed by atoms with van der Waals surface area (Å²) in [6.45, 7) is 4.24. The van der Waals surface area contributed by atoms with Gasteiger partial charge in [-0.1, -0.05) is 45.2 Å². The minimum atomic E-state index is -3.77. The van der Waals surface area contributed by atoms with Crippen LogP contribution in [0.5, 0.6) is 0 Å². The molecule has 1 saturated carbocycles. The van der Waals surface area contributed by atoms with E-state index in [1.807, 2.05) is 13.8 Å². The lowest BCUT2D eigenvalue weighted by atomic mass is 10.0. The predicted molar refractivity (Wildman–Crippen MR) is 114 cm³/mol. The lowest BCUT2D eigenvalue weighted by Gasteiger charge is -2.23. The highest BCUT2D eigenvalue weighted by atomic mass is 32.2. The van der Waals surface area contributed by atoms with Crippen LogP contribution in [0.25, 0.3) is 0 Å². The number of hydrogen-bond acceptors (Lipinski definition) is 6. The van der Waals surface area contributed by atoms with Gasteiger partial charge in [0.15, 0.2) is 0 Å². The van der Waals surface area contributed by atoms with Crippen LogP contribution in [-0.4, -0.2) is 32.9 Å². The number of carbonyl (C=O) groups is 1. The molecule has 0 spiro atoms. The predicted octanol–water partition coefficient (Wildman–Crippen LogP) is 4.14. The van der Waals surface area contributed by atoms with E-state index in [-0.39, 0.29) is 24.2 Å². The van der Waals surface area contributed by atoms with E-state index in [2.05, 4.69) is 10.0 Å². The molecule has 2 amide bonds. The van der Waals surface area contributed by atoms with E-state index in [4.69, 9.17) is 9.05 Å². The van der Waals surface area contributed by atoms with Crippen molar-refractivity contribution >= 4 is 34.6 Å². The molecule has 1 aliphatic rings. The Labute approximate surface area is 173 Å². The number of hydrogen-bond donors (Lipinski definition) is 2. The molecule has 2 rings (SSSR count). The zero-order valence-electron chi connectivity index (χ0n) is 17.1. The van der Waals surface area contributed by atoms with Gasteiger partial charge in [0, 0.05) is 0 Å². The van der Waals surface area contributed by atoms with Crippen LogP contribution in [0, 0.1) is 0 Å². The van der Waals surface area contributed by atoms with E-state index in [0.717, 1.165) is 19.3 Å². The number of nitrogens with one attached hydrogen (secondary N) is 2. The van der Waals surface area contributed by atoms with E-state index in [1.54, 1.807) is 24.3 Å². The van der Waals surface area contributed by atoms with Crippen molar-refractivity contribution in [2.45, 2.75) is 64.0 Å². The molecule has 164 valence electrons. The summed E-state index contributed by atoms with van der Waals surface area (Å²) in [7, 11) is -7.44. The Morgan fingerprint density at radius 2 is 1.66 bits per heavy atom. The van der Waals surface area contributed by atoms with Gasteiger partial charge in [-0.05, 0) is 37.8 Å². The molecular weight excluding hydrogens is 415 g/mol. The number of benzene rings is 1. The van der Waals surface area contributed by atoms with Crippen molar-refractivity contribution in [3.05, 3.63) is 24.3 Å². The summed E-state index contributed by atoms with van der Waals surface area (Å²) < 4.78 is 51.4. The molecule has 29 heavy (non-hydrogen) atoms. The average molecular weight is 447 g/mol. The molecule has 0 aromatic heterocycles. The monoisotopic (exact) mass is 446 g/mol. The normalized spacial score (nSPS) is 15.8. The second-order valence-electron chi connectivity index (χ2n) is 7.04. The van der Waals surface area contributed by atoms with E-state index < -0.39 is 28.9 Å². The Balaban J connectivity index is 2.18. The Morgan fingerprint density at radius 3 is 2.24 bits per heavy atom. The second-order valence-corrected chi connectivity index (χ2v) is 11.0. The van der Waals surface area contributed by atoms with Gasteiger partial charge in [0.25, 0.3) is 0 Å². The highest BCUT2D eigenvalue weighted by Gasteiger charge is 2.32. The number of amides is 2. The number of anilines is 1. The molecule has 8 nitrogen and oxygen atoms in total. The molecule has 0 unspecified atom stereocenters. The fourth-order valence-electron chi connectivity index (χ4n) is 3.15. The van der Waals surface area contributed by atoms with E-state index >= 15 is 0 Å². The van der Waals surface area contributed by atoms with Crippen molar-refractivity contribution in [3.8, 4) is 0 Å². The third kappa shape index (κ3) is 6.81. The molecule has 0 atom stereocenters. The highest BCUT2D eigenvalue weighted by molar-refractivity contribution is 7.90. The third-order valence-corrected chi connectivity index (χ3v) is 8.45. The van der Waals surface area contributed by atoms with Crippen molar-refractivity contribution in [1.82, 2.24) is 4.72 Å². The fourth-order valence-corrected chi connectivity index (χ4v) is 6.48. The smallest absolute Gasteiger partial charge is 0.306 e. The van der Waals surface area contributed by atoms with Gasteiger partial charge < -0.3 is 14.4 Å². The number of para-hydroxylation sites is 1. The number of rotatable bonds is 10. The Bertz CT molecular complexity index is 812. The topological polar surface area (TPSA) is 111 Å². The van der Waals surface area contributed by atoms with Crippen molar-refractivity contribution in [3.63, 3.8) is 0 Å². The molecular formula is C19H31N2O6PS. The molecule has 0 bridgehead atoms. The van der Waals surface area contributed by atoms with Crippen molar-refractivity contribution in [1.29, 1.82) is 0 Å². The quantitative estimate of drug-likeness (QED) is 0.523. The fraction of sp³-hybridized carbons (Fsp3) is 0.632. The molecule has 10 heteroatoms. The summed E-state index contributed by atoms with van der Waals surface area (Å²) in [6, 6.07) is 5.52. The first-order chi connectivity index (χ1) is 13.8. The second kappa shape index (κ2) is 11.1. The largest absolute Gasteiger partial charge is 0.363 e. The molecule has 1 fully saturated rings. The Kier molecular flexibility index (Phi) is 9.14. The van der Waals surface area contributed by atoms with Gasteiger partial charge >= 0.3 is 13.6 Å². The lowest BCUT2D eigenvalue weighted by molar-refractivity contribution is 0.213. The number of urea groups is 1. The maximum Gasteiger partial charge on any atom is 0.363 e. The van der Waals surface area contributed by atoms with Crippen LogP contribution in [0.15, 0.2) is 24.3 Å². The molecule has 0 heterocycles. The van der Waals surface area contributed by atoms with E-state index in [9.17, 15) is 17.8 Å². The van der Waals surface area contributed by atoms with Crippen LogP contribution in [0.4, 0.5) is 10.5 Å². The molecule has 1 aromatic rings. The van der Waals surface area contributed by atoms with Crippen molar-refractivity contribution in [2.75, 3.05) is 18.5 Å². The van der Waals surface area contributed by atoms with Crippen LogP contribution in [0.1, 0.15) is 58.8 Å². The van der Waals surface area contributed by atoms with Gasteiger partial charge in [-0.2, -0.15) is 0 Å². The molecule has 0 aliphatic heterocycles. The summed E-state index contributed by atoms with van der Waals surface area (Å²) in [5.74, 6) is 0. The van der Waals surface area contributed by atoms with E-state index in [1.165, 1.54) is 0 Å². The maximum atomic E-state index is 13.3. The minimum Gasteiger partial charge on any atom is -0.306 e. The summed E-state index contributed by atoms with van der Waals surface area (Å²) in [6.07, 6.45) is 5.07. The number of carbonyl (C=O) groups excluding carboxylic acids is 1. The van der Waals surface area contributed by atoms with Crippen LogP contribution in [0.3, 0.4) is 0 Å². The summed E-state index contributed by atoms with van der Waals surface area (Å²) in [5.41, 5.74) is 0.194. The van der Waals surface area contributed by atoms with Gasteiger partial charge in [-0.15, -0.1) is 0 Å². The van der Waals surface area contributed by atoms with Crippen LogP contribution in [-0.2, 0) is 23.6 Å². The van der Waals surface area contributed by atoms with Gasteiger partial charge in [-0.3, -0.25) is 4.57 Å². The Hall–Kier alpha value is -1.41.